The number of pyridine rings is 1. The van der Waals surface area contributed by atoms with Gasteiger partial charge in [0.2, 0.25) is 0 Å². The fourth-order valence-corrected chi connectivity index (χ4v) is 7.88. The van der Waals surface area contributed by atoms with Gasteiger partial charge in [-0.2, -0.15) is 13.2 Å². The SMILES string of the molecule is CCCC(O[Si](C)(C)C(C)(C)C)C1=C2C(=C(C(C)C)N(O)C1CCC)C(c1ccc(C(F)(F)F)cn1)OC21CCOCC1. The van der Waals surface area contributed by atoms with Gasteiger partial charge in [0.15, 0.2) is 8.32 Å². The molecule has 4 heterocycles. The second-order valence-electron chi connectivity index (χ2n) is 14.2. The van der Waals surface area contributed by atoms with Crippen LogP contribution < -0.4 is 0 Å². The lowest BCUT2D eigenvalue weighted by Gasteiger charge is -2.47. The monoisotopic (exact) mass is 624 g/mol. The van der Waals surface area contributed by atoms with Crippen LogP contribution in [0.5, 0.6) is 0 Å². The number of hydrogen-bond donors (Lipinski definition) is 1. The van der Waals surface area contributed by atoms with Crippen LogP contribution in [0.4, 0.5) is 13.2 Å². The summed E-state index contributed by atoms with van der Waals surface area (Å²) in [5, 5.41) is 13.5. The zero-order valence-corrected chi connectivity index (χ0v) is 28.4. The molecular formula is C33H51F3N2O4Si. The Kier molecular flexibility index (Phi) is 9.99. The molecule has 2 fully saturated rings. The molecule has 1 aromatic rings. The number of fused-ring (bicyclic) bond motifs is 2. The topological polar surface area (TPSA) is 64.1 Å². The number of nitrogens with zero attached hydrogens (tertiary/aromatic N) is 2. The van der Waals surface area contributed by atoms with E-state index in [1.165, 1.54) is 11.1 Å². The third-order valence-corrected chi connectivity index (χ3v) is 14.2. The third-order valence-electron chi connectivity index (χ3n) is 9.73. The van der Waals surface area contributed by atoms with Gasteiger partial charge in [0.1, 0.15) is 6.10 Å². The van der Waals surface area contributed by atoms with E-state index in [-0.39, 0.29) is 23.1 Å². The number of aromatic nitrogens is 1. The first kappa shape index (κ1) is 34.2. The summed E-state index contributed by atoms with van der Waals surface area (Å²) in [6.45, 7) is 20.6. The standard InChI is InChI=1S/C33H51F3N2O4Si/c1-10-12-24-26(25(13-11-2)42-43(8,9)31(5,6)7)28-27(29(21(3)4)38(24)39)30(41-32(28)16-18-40-19-17-32)23-15-14-22(20-37-23)33(34,35)36/h14-15,20-21,24-25,30,39H,10-13,16-19H2,1-9H3. The molecule has 1 N–H and O–H groups in total. The average molecular weight is 625 g/mol. The summed E-state index contributed by atoms with van der Waals surface area (Å²) in [5.74, 6) is -0.0719. The molecule has 10 heteroatoms. The Hall–Kier alpha value is -1.72. The lowest BCUT2D eigenvalue weighted by Crippen LogP contribution is -2.50. The van der Waals surface area contributed by atoms with Crippen molar-refractivity contribution in [1.82, 2.24) is 10.0 Å². The normalized spacial score (nSPS) is 23.9. The highest BCUT2D eigenvalue weighted by molar-refractivity contribution is 6.74. The van der Waals surface area contributed by atoms with Crippen LogP contribution in [-0.4, -0.2) is 54.5 Å². The van der Waals surface area contributed by atoms with Crippen LogP contribution in [-0.2, 0) is 20.1 Å². The Balaban J connectivity index is 2.03. The minimum atomic E-state index is -4.49. The Bertz CT molecular complexity index is 1200. The maximum Gasteiger partial charge on any atom is 0.417 e. The zero-order valence-electron chi connectivity index (χ0n) is 27.4. The summed E-state index contributed by atoms with van der Waals surface area (Å²) in [6, 6.07) is 2.19. The van der Waals surface area contributed by atoms with Gasteiger partial charge < -0.3 is 13.9 Å². The molecule has 0 amide bonds. The Morgan fingerprint density at radius 2 is 1.77 bits per heavy atom. The molecule has 0 radical (unpaired) electrons. The van der Waals surface area contributed by atoms with Crippen LogP contribution in [0.2, 0.25) is 18.1 Å². The summed E-state index contributed by atoms with van der Waals surface area (Å²) >= 11 is 0. The Labute approximate surface area is 256 Å². The maximum atomic E-state index is 13.5. The molecule has 0 saturated carbocycles. The number of halogens is 3. The number of allylic oxidation sites excluding steroid dienone is 1. The highest BCUT2D eigenvalue weighted by Gasteiger charge is 2.57. The van der Waals surface area contributed by atoms with Crippen LogP contribution in [0, 0.1) is 5.92 Å². The molecule has 3 unspecified atom stereocenters. The van der Waals surface area contributed by atoms with Crippen molar-refractivity contribution in [2.24, 2.45) is 5.92 Å². The smallest absolute Gasteiger partial charge is 0.410 e. The van der Waals surface area contributed by atoms with E-state index < -0.39 is 31.8 Å². The first-order chi connectivity index (χ1) is 20.0. The number of ether oxygens (including phenoxy) is 2. The molecule has 0 aliphatic carbocycles. The molecule has 6 nitrogen and oxygen atoms in total. The summed E-state index contributed by atoms with van der Waals surface area (Å²) in [6.07, 6.45) is -0.0613. The maximum absolute atomic E-state index is 13.5. The lowest BCUT2D eigenvalue weighted by molar-refractivity contribution is -0.138. The molecule has 4 rings (SSSR count). The van der Waals surface area contributed by atoms with Gasteiger partial charge in [-0.3, -0.25) is 15.3 Å². The second kappa shape index (κ2) is 12.6. The van der Waals surface area contributed by atoms with Crippen molar-refractivity contribution in [3.63, 3.8) is 0 Å². The lowest BCUT2D eigenvalue weighted by atomic mass is 9.72. The van der Waals surface area contributed by atoms with Crippen molar-refractivity contribution < 1.29 is 32.3 Å². The summed E-state index contributed by atoms with van der Waals surface area (Å²) in [7, 11) is -2.25. The molecule has 1 spiro atoms. The Morgan fingerprint density at radius 3 is 2.26 bits per heavy atom. The van der Waals surface area contributed by atoms with Crippen molar-refractivity contribution in [2.45, 2.75) is 135 Å². The van der Waals surface area contributed by atoms with E-state index in [2.05, 4.69) is 52.7 Å². The molecule has 2 saturated heterocycles. The van der Waals surface area contributed by atoms with Gasteiger partial charge in [0.25, 0.3) is 0 Å². The molecule has 3 aliphatic heterocycles. The number of hydroxylamine groups is 2. The number of hydrogen-bond acceptors (Lipinski definition) is 6. The molecule has 242 valence electrons. The fraction of sp³-hybridized carbons (Fsp3) is 0.727. The van der Waals surface area contributed by atoms with Gasteiger partial charge in [-0.15, -0.1) is 0 Å². The highest BCUT2D eigenvalue weighted by atomic mass is 28.4. The molecule has 3 aliphatic rings. The molecule has 43 heavy (non-hydrogen) atoms. The van der Waals surface area contributed by atoms with Crippen LogP contribution in [0.3, 0.4) is 0 Å². The van der Waals surface area contributed by atoms with Gasteiger partial charge >= 0.3 is 6.18 Å². The molecule has 0 bridgehead atoms. The number of alkyl halides is 3. The van der Waals surface area contributed by atoms with Gasteiger partial charge in [-0.05, 0) is 60.2 Å². The molecule has 0 aromatic carbocycles. The molecule has 1 aromatic heterocycles. The first-order valence-corrected chi connectivity index (χ1v) is 18.8. The predicted molar refractivity (Wildman–Crippen MR) is 164 cm³/mol. The molecular weight excluding hydrogens is 573 g/mol. The van der Waals surface area contributed by atoms with E-state index in [1.54, 1.807) is 0 Å². The van der Waals surface area contributed by atoms with Gasteiger partial charge in [-0.25, -0.2) is 0 Å². The fourth-order valence-electron chi connectivity index (χ4n) is 6.57. The van der Waals surface area contributed by atoms with E-state index in [9.17, 15) is 18.4 Å². The highest BCUT2D eigenvalue weighted by Crippen LogP contribution is 2.58. The van der Waals surface area contributed by atoms with Crippen LogP contribution in [0.15, 0.2) is 40.7 Å². The minimum absolute atomic E-state index is 0.0188. The second-order valence-corrected chi connectivity index (χ2v) is 18.9. The minimum Gasteiger partial charge on any atom is -0.410 e. The average Bonchev–Trinajstić information content (AvgIpc) is 3.21. The quantitative estimate of drug-likeness (QED) is 0.277. The van der Waals surface area contributed by atoms with E-state index in [4.69, 9.17) is 13.9 Å². The Morgan fingerprint density at radius 1 is 1.12 bits per heavy atom. The zero-order chi connectivity index (χ0) is 32.0. The van der Waals surface area contributed by atoms with E-state index in [0.29, 0.717) is 31.7 Å². The van der Waals surface area contributed by atoms with Crippen molar-refractivity contribution in [3.05, 3.63) is 52.0 Å². The van der Waals surface area contributed by atoms with Crippen molar-refractivity contribution in [1.29, 1.82) is 0 Å². The van der Waals surface area contributed by atoms with E-state index >= 15 is 0 Å². The van der Waals surface area contributed by atoms with Gasteiger partial charge in [0.05, 0.1) is 34.7 Å². The van der Waals surface area contributed by atoms with Crippen molar-refractivity contribution >= 4 is 8.32 Å². The summed E-state index contributed by atoms with van der Waals surface area (Å²) in [5.41, 5.74) is 2.59. The van der Waals surface area contributed by atoms with Gasteiger partial charge in [0, 0.05) is 37.8 Å². The van der Waals surface area contributed by atoms with Crippen molar-refractivity contribution in [2.75, 3.05) is 13.2 Å². The largest absolute Gasteiger partial charge is 0.417 e. The first-order valence-electron chi connectivity index (χ1n) is 15.9. The third kappa shape index (κ3) is 6.50. The summed E-state index contributed by atoms with van der Waals surface area (Å²) < 4.78 is 60.5. The number of rotatable bonds is 9. The van der Waals surface area contributed by atoms with Crippen LogP contribution >= 0.6 is 0 Å². The van der Waals surface area contributed by atoms with E-state index in [0.717, 1.165) is 60.4 Å². The predicted octanol–water partition coefficient (Wildman–Crippen LogP) is 8.99. The molecule has 3 atom stereocenters. The summed E-state index contributed by atoms with van der Waals surface area (Å²) in [4.78, 5) is 4.31. The van der Waals surface area contributed by atoms with Crippen LogP contribution in [0.25, 0.3) is 0 Å². The van der Waals surface area contributed by atoms with E-state index in [1.807, 2.05) is 13.8 Å². The van der Waals surface area contributed by atoms with Crippen molar-refractivity contribution in [3.8, 4) is 0 Å². The van der Waals surface area contributed by atoms with Crippen LogP contribution in [0.1, 0.15) is 104 Å². The van der Waals surface area contributed by atoms with Gasteiger partial charge in [-0.1, -0.05) is 61.3 Å².